The van der Waals surface area contributed by atoms with Gasteiger partial charge in [0.15, 0.2) is 0 Å². The minimum absolute atomic E-state index is 0.191. The first-order valence-electron chi connectivity index (χ1n) is 7.25. The number of fused-ring (bicyclic) bond motifs is 1. The van der Waals surface area contributed by atoms with Gasteiger partial charge in [0.25, 0.3) is 11.8 Å². The van der Waals surface area contributed by atoms with E-state index in [0.717, 1.165) is 12.8 Å². The lowest BCUT2D eigenvalue weighted by Gasteiger charge is -2.11. The summed E-state index contributed by atoms with van der Waals surface area (Å²) in [5.74, 6) is -0.382. The molecule has 3 nitrogen and oxygen atoms in total. The summed E-state index contributed by atoms with van der Waals surface area (Å²) in [5, 5.41) is 0. The zero-order valence-corrected chi connectivity index (χ0v) is 12.8. The van der Waals surface area contributed by atoms with Crippen LogP contribution in [0.2, 0.25) is 0 Å². The molecule has 0 spiro atoms. The summed E-state index contributed by atoms with van der Waals surface area (Å²) in [7, 11) is 0. The second-order valence-electron chi connectivity index (χ2n) is 5.64. The van der Waals surface area contributed by atoms with Crippen molar-refractivity contribution in [1.29, 1.82) is 0 Å². The highest BCUT2D eigenvalue weighted by molar-refractivity contribution is 6.21. The number of hydrogen-bond acceptors (Lipinski definition) is 2. The predicted octanol–water partition coefficient (Wildman–Crippen LogP) is 3.98. The molecule has 0 saturated carbocycles. The summed E-state index contributed by atoms with van der Waals surface area (Å²) < 4.78 is 0. The summed E-state index contributed by atoms with van der Waals surface area (Å²) in [6.07, 6.45) is 6.11. The van der Waals surface area contributed by atoms with Crippen molar-refractivity contribution < 1.29 is 9.59 Å². The van der Waals surface area contributed by atoms with Crippen LogP contribution in [0, 0.1) is 0 Å². The first-order chi connectivity index (χ1) is 10.0. The van der Waals surface area contributed by atoms with Crippen LogP contribution >= 0.6 is 0 Å². The highest BCUT2D eigenvalue weighted by Gasteiger charge is 2.34. The molecule has 3 heteroatoms. The quantitative estimate of drug-likeness (QED) is 0.605. The number of rotatable bonds is 5. The van der Waals surface area contributed by atoms with E-state index < -0.39 is 0 Å². The van der Waals surface area contributed by atoms with Gasteiger partial charge in [0.05, 0.1) is 11.1 Å². The molecule has 0 radical (unpaired) electrons. The van der Waals surface area contributed by atoms with Crippen LogP contribution in [0.15, 0.2) is 47.6 Å². The van der Waals surface area contributed by atoms with Crippen molar-refractivity contribution in [3.05, 3.63) is 58.7 Å². The van der Waals surface area contributed by atoms with Gasteiger partial charge < -0.3 is 0 Å². The molecule has 0 saturated heterocycles. The molecule has 1 heterocycles. The van der Waals surface area contributed by atoms with E-state index in [-0.39, 0.29) is 11.8 Å². The predicted molar refractivity (Wildman–Crippen MR) is 84.2 cm³/mol. The molecule has 21 heavy (non-hydrogen) atoms. The van der Waals surface area contributed by atoms with Crippen LogP contribution in [-0.2, 0) is 0 Å². The van der Waals surface area contributed by atoms with Crippen molar-refractivity contribution in [3.8, 4) is 0 Å². The van der Waals surface area contributed by atoms with E-state index >= 15 is 0 Å². The van der Waals surface area contributed by atoms with Gasteiger partial charge in [0, 0.05) is 6.54 Å². The molecule has 0 N–H and O–H groups in total. The lowest BCUT2D eigenvalue weighted by Crippen LogP contribution is -2.29. The number of allylic oxidation sites excluding steroid dienone is 3. The van der Waals surface area contributed by atoms with Crippen molar-refractivity contribution >= 4 is 11.8 Å². The molecule has 1 aromatic rings. The maximum absolute atomic E-state index is 12.2. The summed E-state index contributed by atoms with van der Waals surface area (Å²) in [6.45, 7) is 6.56. The first kappa shape index (κ1) is 15.2. The number of carbonyl (C=O) groups is 2. The fraction of sp³-hybridized carbons (Fsp3) is 0.333. The van der Waals surface area contributed by atoms with Crippen molar-refractivity contribution in [3.63, 3.8) is 0 Å². The molecular formula is C18H21NO2. The van der Waals surface area contributed by atoms with Crippen LogP contribution < -0.4 is 0 Å². The normalized spacial score (nSPS) is 14.4. The zero-order chi connectivity index (χ0) is 15.4. The van der Waals surface area contributed by atoms with Crippen LogP contribution in [0.4, 0.5) is 0 Å². The topological polar surface area (TPSA) is 37.4 Å². The Balaban J connectivity index is 2.00. The van der Waals surface area contributed by atoms with Crippen LogP contribution in [0.5, 0.6) is 0 Å². The van der Waals surface area contributed by atoms with Gasteiger partial charge in [-0.15, -0.1) is 0 Å². The fourth-order valence-corrected chi connectivity index (χ4v) is 2.34. The van der Waals surface area contributed by atoms with Crippen LogP contribution in [0.3, 0.4) is 0 Å². The first-order valence-corrected chi connectivity index (χ1v) is 7.25. The van der Waals surface area contributed by atoms with Gasteiger partial charge in [-0.3, -0.25) is 14.5 Å². The van der Waals surface area contributed by atoms with Crippen molar-refractivity contribution in [2.45, 2.75) is 33.6 Å². The number of nitrogens with zero attached hydrogens (tertiary/aromatic N) is 1. The number of amides is 2. The van der Waals surface area contributed by atoms with Crippen LogP contribution in [0.25, 0.3) is 0 Å². The van der Waals surface area contributed by atoms with Crippen molar-refractivity contribution in [2.75, 3.05) is 6.54 Å². The number of imide groups is 1. The summed E-state index contributed by atoms with van der Waals surface area (Å²) in [4.78, 5) is 25.7. The van der Waals surface area contributed by atoms with Gasteiger partial charge in [0.2, 0.25) is 0 Å². The lowest BCUT2D eigenvalue weighted by molar-refractivity contribution is 0.0672. The number of carbonyl (C=O) groups excluding carboxylic acids is 2. The molecule has 0 fully saturated rings. The Hall–Kier alpha value is -2.16. The van der Waals surface area contributed by atoms with E-state index in [1.165, 1.54) is 16.0 Å². The van der Waals surface area contributed by atoms with E-state index in [1.807, 2.05) is 13.0 Å². The maximum Gasteiger partial charge on any atom is 0.261 e. The Labute approximate surface area is 126 Å². The highest BCUT2D eigenvalue weighted by atomic mass is 16.2. The van der Waals surface area contributed by atoms with Crippen LogP contribution in [0.1, 0.15) is 54.3 Å². The molecular weight excluding hydrogens is 262 g/mol. The minimum Gasteiger partial charge on any atom is -0.270 e. The largest absolute Gasteiger partial charge is 0.270 e. The zero-order valence-electron chi connectivity index (χ0n) is 12.8. The summed E-state index contributed by atoms with van der Waals surface area (Å²) in [5.41, 5.74) is 3.53. The number of benzene rings is 1. The second-order valence-corrected chi connectivity index (χ2v) is 5.64. The number of hydrogen-bond donors (Lipinski definition) is 0. The van der Waals surface area contributed by atoms with Gasteiger partial charge in [-0.05, 0) is 45.7 Å². The molecule has 110 valence electrons. The molecule has 0 atom stereocenters. The van der Waals surface area contributed by atoms with E-state index in [9.17, 15) is 9.59 Å². The highest BCUT2D eigenvalue weighted by Crippen LogP contribution is 2.22. The molecule has 0 aromatic heterocycles. The Morgan fingerprint density at radius 2 is 1.57 bits per heavy atom. The van der Waals surface area contributed by atoms with Gasteiger partial charge in [-0.2, -0.15) is 0 Å². The van der Waals surface area contributed by atoms with Gasteiger partial charge >= 0.3 is 0 Å². The third-order valence-corrected chi connectivity index (χ3v) is 3.59. The Morgan fingerprint density at radius 1 is 1.00 bits per heavy atom. The average Bonchev–Trinajstić information content (AvgIpc) is 2.69. The molecule has 1 aliphatic rings. The standard InChI is InChI=1S/C18H21NO2/c1-13(2)7-6-8-14(3)11-12-19-17(20)15-9-4-5-10-16(15)18(19)21/h4-5,7,9-11H,6,8,12H2,1-3H3. The fourth-order valence-electron chi connectivity index (χ4n) is 2.34. The average molecular weight is 283 g/mol. The SMILES string of the molecule is CC(C)=CCCC(C)=CCN1C(=O)c2ccccc2C1=O. The monoisotopic (exact) mass is 283 g/mol. The third-order valence-electron chi connectivity index (χ3n) is 3.59. The third kappa shape index (κ3) is 3.48. The molecule has 2 rings (SSSR count). The maximum atomic E-state index is 12.2. The molecule has 0 unspecified atom stereocenters. The van der Waals surface area contributed by atoms with Crippen molar-refractivity contribution in [1.82, 2.24) is 4.90 Å². The van der Waals surface area contributed by atoms with E-state index in [4.69, 9.17) is 0 Å². The van der Waals surface area contributed by atoms with Crippen molar-refractivity contribution in [2.24, 2.45) is 0 Å². The van der Waals surface area contributed by atoms with E-state index in [0.29, 0.717) is 17.7 Å². The summed E-state index contributed by atoms with van der Waals surface area (Å²) >= 11 is 0. The molecule has 1 aromatic carbocycles. The van der Waals surface area contributed by atoms with Crippen LogP contribution in [-0.4, -0.2) is 23.3 Å². The van der Waals surface area contributed by atoms with Gasteiger partial charge in [-0.1, -0.05) is 35.4 Å². The summed E-state index contributed by atoms with van der Waals surface area (Å²) in [6, 6.07) is 6.99. The van der Waals surface area contributed by atoms with E-state index in [2.05, 4.69) is 19.9 Å². The molecule has 0 bridgehead atoms. The Morgan fingerprint density at radius 3 is 2.10 bits per heavy atom. The second kappa shape index (κ2) is 6.53. The minimum atomic E-state index is -0.191. The lowest BCUT2D eigenvalue weighted by atomic mass is 10.1. The Kier molecular flexibility index (Phi) is 4.73. The van der Waals surface area contributed by atoms with Gasteiger partial charge in [0.1, 0.15) is 0 Å². The van der Waals surface area contributed by atoms with Gasteiger partial charge in [-0.25, -0.2) is 0 Å². The molecule has 2 amide bonds. The van der Waals surface area contributed by atoms with E-state index in [1.54, 1.807) is 24.3 Å². The molecule has 1 aliphatic heterocycles. The Bertz CT molecular complexity index is 587. The smallest absolute Gasteiger partial charge is 0.261 e. The molecule has 0 aliphatic carbocycles.